The zero-order valence-electron chi connectivity index (χ0n) is 16.3. The summed E-state index contributed by atoms with van der Waals surface area (Å²) in [7, 11) is -1.80. The quantitative estimate of drug-likeness (QED) is 0.324. The fraction of sp³-hybridized carbons (Fsp3) is 0.174. The van der Waals surface area contributed by atoms with Crippen LogP contribution in [0.3, 0.4) is 0 Å². The number of hydrogen-bond donors (Lipinski definition) is 1. The van der Waals surface area contributed by atoms with E-state index in [0.29, 0.717) is 18.7 Å². The number of anilines is 1. The molecule has 0 saturated heterocycles. The maximum atomic E-state index is 12.5. The molecule has 3 rings (SSSR count). The zero-order valence-corrected chi connectivity index (χ0v) is 17.1. The second kappa shape index (κ2) is 10.0. The minimum absolute atomic E-state index is 0.0485. The first kappa shape index (κ1) is 20.8. The van der Waals surface area contributed by atoms with E-state index in [0.717, 1.165) is 16.8 Å². The van der Waals surface area contributed by atoms with Crippen molar-refractivity contribution in [2.45, 2.75) is 11.3 Å². The third kappa shape index (κ3) is 5.76. The molecule has 0 heterocycles. The number of nitrogens with one attached hydrogen (secondary N) is 1. The van der Waals surface area contributed by atoms with Gasteiger partial charge in [0, 0.05) is 24.8 Å². The lowest BCUT2D eigenvalue weighted by molar-refractivity contribution is 0.199. The van der Waals surface area contributed by atoms with Gasteiger partial charge in [-0.3, -0.25) is 5.43 Å². The molecule has 29 heavy (non-hydrogen) atoms. The Balaban J connectivity index is 1.87. The Kier molecular flexibility index (Phi) is 7.16. The summed E-state index contributed by atoms with van der Waals surface area (Å²) in [6, 6.07) is 26.4. The van der Waals surface area contributed by atoms with Crippen molar-refractivity contribution >= 4 is 21.2 Å². The van der Waals surface area contributed by atoms with E-state index in [1.807, 2.05) is 60.7 Å². The van der Waals surface area contributed by atoms with Crippen LogP contribution >= 0.6 is 0 Å². The Morgan fingerprint density at radius 3 is 2.10 bits per heavy atom. The molecule has 0 unspecified atom stereocenters. The molecular weight excluding hydrogens is 384 g/mol. The van der Waals surface area contributed by atoms with Crippen molar-refractivity contribution in [1.82, 2.24) is 0 Å². The summed E-state index contributed by atoms with van der Waals surface area (Å²) in [5.74, 6) is 0.0485. The van der Waals surface area contributed by atoms with Gasteiger partial charge in [0.25, 0.3) is 0 Å². The summed E-state index contributed by atoms with van der Waals surface area (Å²) in [6.45, 7) is 0.416. The molecule has 0 bridgehead atoms. The highest BCUT2D eigenvalue weighted by molar-refractivity contribution is 7.91. The van der Waals surface area contributed by atoms with Crippen molar-refractivity contribution in [3.05, 3.63) is 96.1 Å². The largest absolute Gasteiger partial charge is 0.385 e. The normalized spacial score (nSPS) is 11.1. The highest BCUT2D eigenvalue weighted by Crippen LogP contribution is 2.18. The number of hydrogen-bond acceptors (Lipinski definition) is 5. The highest BCUT2D eigenvalue weighted by Gasteiger charge is 2.14. The van der Waals surface area contributed by atoms with E-state index < -0.39 is 9.84 Å². The molecule has 0 aliphatic rings. The molecule has 0 atom stereocenters. The summed E-state index contributed by atoms with van der Waals surface area (Å²) in [5.41, 5.74) is 6.35. The van der Waals surface area contributed by atoms with Gasteiger partial charge in [0.15, 0.2) is 9.84 Å². The average Bonchev–Trinajstić information content (AvgIpc) is 2.76. The maximum absolute atomic E-state index is 12.5. The van der Waals surface area contributed by atoms with Crippen molar-refractivity contribution in [3.63, 3.8) is 0 Å². The average molecular weight is 409 g/mol. The third-order valence-electron chi connectivity index (χ3n) is 4.35. The molecule has 0 aliphatic carbocycles. The molecule has 6 heteroatoms. The van der Waals surface area contributed by atoms with Crippen molar-refractivity contribution in [3.8, 4) is 0 Å². The first-order valence-electron chi connectivity index (χ1n) is 9.36. The Morgan fingerprint density at radius 2 is 1.52 bits per heavy atom. The number of benzene rings is 3. The topological polar surface area (TPSA) is 67.8 Å². The van der Waals surface area contributed by atoms with Crippen molar-refractivity contribution in [1.29, 1.82) is 0 Å². The van der Waals surface area contributed by atoms with E-state index in [-0.39, 0.29) is 10.6 Å². The smallest absolute Gasteiger partial charge is 0.178 e. The van der Waals surface area contributed by atoms with E-state index in [4.69, 9.17) is 4.74 Å². The van der Waals surface area contributed by atoms with Gasteiger partial charge < -0.3 is 4.74 Å². The highest BCUT2D eigenvalue weighted by atomic mass is 32.2. The molecule has 0 amide bonds. The Bertz CT molecular complexity index is 1010. The van der Waals surface area contributed by atoms with E-state index in [2.05, 4.69) is 10.5 Å². The van der Waals surface area contributed by atoms with Crippen LogP contribution in [0.15, 0.2) is 94.9 Å². The minimum atomic E-state index is -3.37. The second-order valence-corrected chi connectivity index (χ2v) is 8.61. The van der Waals surface area contributed by atoms with Gasteiger partial charge in [0.1, 0.15) is 0 Å². The van der Waals surface area contributed by atoms with Gasteiger partial charge in [0.2, 0.25) is 0 Å². The van der Waals surface area contributed by atoms with Crippen LogP contribution in [-0.4, -0.2) is 33.6 Å². The molecule has 0 aromatic heterocycles. The van der Waals surface area contributed by atoms with E-state index in [1.54, 1.807) is 31.4 Å². The van der Waals surface area contributed by atoms with Crippen LogP contribution in [0.5, 0.6) is 0 Å². The van der Waals surface area contributed by atoms with Crippen LogP contribution in [0.2, 0.25) is 0 Å². The SMILES string of the molecule is COCCCS(=O)(=O)c1cccc(NN=C(c2ccccc2)c2ccccc2)c1. The maximum Gasteiger partial charge on any atom is 0.178 e. The van der Waals surface area contributed by atoms with Gasteiger partial charge in [-0.2, -0.15) is 5.10 Å². The first-order valence-corrected chi connectivity index (χ1v) is 11.0. The number of rotatable bonds is 9. The number of hydrazone groups is 1. The molecule has 0 fully saturated rings. The van der Waals surface area contributed by atoms with Crippen molar-refractivity contribution in [2.24, 2.45) is 5.10 Å². The molecule has 1 N–H and O–H groups in total. The van der Waals surface area contributed by atoms with E-state index in [1.165, 1.54) is 0 Å². The van der Waals surface area contributed by atoms with Gasteiger partial charge in [-0.25, -0.2) is 8.42 Å². The molecule has 150 valence electrons. The predicted octanol–water partition coefficient (Wildman–Crippen LogP) is 4.36. The third-order valence-corrected chi connectivity index (χ3v) is 6.14. The fourth-order valence-electron chi connectivity index (χ4n) is 2.88. The Hall–Kier alpha value is -2.96. The van der Waals surface area contributed by atoms with Gasteiger partial charge in [0.05, 0.1) is 22.0 Å². The molecule has 3 aromatic carbocycles. The summed E-state index contributed by atoms with van der Waals surface area (Å²) in [6.07, 6.45) is 0.459. The molecular formula is C23H24N2O3S. The zero-order chi connectivity index (χ0) is 20.5. The van der Waals surface area contributed by atoms with Crippen LogP contribution in [0.25, 0.3) is 0 Å². The summed E-state index contributed by atoms with van der Waals surface area (Å²) in [5, 5.41) is 4.58. The number of nitrogens with zero attached hydrogens (tertiary/aromatic N) is 1. The first-order chi connectivity index (χ1) is 14.1. The molecule has 5 nitrogen and oxygen atoms in total. The van der Waals surface area contributed by atoms with Gasteiger partial charge in [-0.15, -0.1) is 0 Å². The van der Waals surface area contributed by atoms with Gasteiger partial charge >= 0.3 is 0 Å². The fourth-order valence-corrected chi connectivity index (χ4v) is 4.20. The minimum Gasteiger partial charge on any atom is -0.385 e. The van der Waals surface area contributed by atoms with Gasteiger partial charge in [-0.05, 0) is 24.6 Å². The monoisotopic (exact) mass is 408 g/mol. The molecule has 3 aromatic rings. The Labute approximate surface area is 172 Å². The van der Waals surface area contributed by atoms with Crippen LogP contribution in [0.4, 0.5) is 5.69 Å². The standard InChI is InChI=1S/C23H24N2O3S/c1-28-16-9-17-29(26,27)22-15-8-14-21(18-22)24-25-23(19-10-4-2-5-11-19)20-12-6-3-7-13-20/h2-8,10-15,18,24H,9,16-17H2,1H3. The molecule has 0 radical (unpaired) electrons. The van der Waals surface area contributed by atoms with Crippen LogP contribution in [0.1, 0.15) is 17.5 Å². The van der Waals surface area contributed by atoms with Gasteiger partial charge in [-0.1, -0.05) is 66.7 Å². The number of methoxy groups -OCH3 is 1. The van der Waals surface area contributed by atoms with E-state index in [9.17, 15) is 8.42 Å². The van der Waals surface area contributed by atoms with Crippen molar-refractivity contribution < 1.29 is 13.2 Å². The summed E-state index contributed by atoms with van der Waals surface area (Å²) >= 11 is 0. The predicted molar refractivity (Wildman–Crippen MR) is 117 cm³/mol. The lowest BCUT2D eigenvalue weighted by Gasteiger charge is -2.10. The Morgan fingerprint density at radius 1 is 0.897 bits per heavy atom. The molecule has 0 aliphatic heterocycles. The summed E-state index contributed by atoms with van der Waals surface area (Å²) < 4.78 is 30.0. The lowest BCUT2D eigenvalue weighted by atomic mass is 10.0. The molecule has 0 spiro atoms. The lowest BCUT2D eigenvalue weighted by Crippen LogP contribution is -2.10. The van der Waals surface area contributed by atoms with Crippen molar-refractivity contribution in [2.75, 3.05) is 24.9 Å². The van der Waals surface area contributed by atoms with Crippen LogP contribution in [-0.2, 0) is 14.6 Å². The van der Waals surface area contributed by atoms with Crippen LogP contribution in [0, 0.1) is 0 Å². The van der Waals surface area contributed by atoms with Crippen LogP contribution < -0.4 is 5.43 Å². The number of sulfone groups is 1. The molecule has 0 saturated carbocycles. The number of ether oxygens (including phenoxy) is 1. The summed E-state index contributed by atoms with van der Waals surface area (Å²) in [4.78, 5) is 0.273. The van der Waals surface area contributed by atoms with E-state index >= 15 is 0 Å². The second-order valence-electron chi connectivity index (χ2n) is 6.50.